The quantitative estimate of drug-likeness (QED) is 0.185. The lowest BCUT2D eigenvalue weighted by Crippen LogP contribution is -2.40. The molecule has 0 saturated carbocycles. The first kappa shape index (κ1) is 34.8. The molecule has 0 N–H and O–H groups in total. The molecule has 3 aromatic carbocycles. The lowest BCUT2D eigenvalue weighted by Gasteiger charge is -2.25. The van der Waals surface area contributed by atoms with Gasteiger partial charge in [0, 0.05) is 0 Å². The normalized spacial score (nSPS) is 14.9. The Morgan fingerprint density at radius 3 is 2.54 bits per heavy atom. The molecule has 0 amide bonds. The summed E-state index contributed by atoms with van der Waals surface area (Å²) in [5.74, 6) is 1.52. The number of hydrogen-bond donors (Lipinski definition) is 0. The lowest BCUT2D eigenvalue weighted by molar-refractivity contribution is -0.143. The monoisotopic (exact) mass is 764 g/mol. The van der Waals surface area contributed by atoms with Crippen LogP contribution in [0.4, 0.5) is 0 Å². The maximum atomic E-state index is 14.2. The summed E-state index contributed by atoms with van der Waals surface area (Å²) in [5, 5.41) is 0. The van der Waals surface area contributed by atoms with Crippen molar-refractivity contribution in [1.82, 2.24) is 4.57 Å². The van der Waals surface area contributed by atoms with E-state index in [1.807, 2.05) is 43.3 Å². The van der Waals surface area contributed by atoms with Crippen LogP contribution in [0.1, 0.15) is 43.5 Å². The molecule has 0 unspecified atom stereocenters. The highest BCUT2D eigenvalue weighted by atomic mass is 79.9. The number of aromatic nitrogens is 1. The van der Waals surface area contributed by atoms with Gasteiger partial charge in [-0.3, -0.25) is 9.36 Å². The number of halogens is 1. The van der Waals surface area contributed by atoms with E-state index in [0.717, 1.165) is 11.1 Å². The SMILES string of the molecule is CCOC(=O)C1=C(C)N=c2s/c(=C\c3ccc(OCc4ccc5c(c4)OCO5)c(Br)c3)c(=O)n2[C@@H]1c1ccc(OCC(=O)OC)c(OCC)c1. The Morgan fingerprint density at radius 2 is 1.78 bits per heavy atom. The fourth-order valence-electron chi connectivity index (χ4n) is 5.45. The molecular formula is C36H33BrN2O10S. The predicted molar refractivity (Wildman–Crippen MR) is 187 cm³/mol. The van der Waals surface area contributed by atoms with Gasteiger partial charge in [0.25, 0.3) is 5.56 Å². The third-order valence-corrected chi connectivity index (χ3v) is 9.36. The minimum atomic E-state index is -0.875. The van der Waals surface area contributed by atoms with Crippen molar-refractivity contribution < 1.29 is 42.7 Å². The van der Waals surface area contributed by atoms with Crippen LogP contribution in [0, 0.1) is 0 Å². The van der Waals surface area contributed by atoms with Gasteiger partial charge in [-0.25, -0.2) is 14.6 Å². The summed E-state index contributed by atoms with van der Waals surface area (Å²) in [6, 6.07) is 15.4. The Bertz CT molecular complexity index is 2170. The van der Waals surface area contributed by atoms with Gasteiger partial charge in [-0.05, 0) is 95.9 Å². The summed E-state index contributed by atoms with van der Waals surface area (Å²) in [4.78, 5) is 44.3. The minimum Gasteiger partial charge on any atom is -0.490 e. The average molecular weight is 766 g/mol. The van der Waals surface area contributed by atoms with Crippen molar-refractivity contribution in [1.29, 1.82) is 0 Å². The van der Waals surface area contributed by atoms with E-state index in [4.69, 9.17) is 28.4 Å². The van der Waals surface area contributed by atoms with Crippen molar-refractivity contribution in [2.24, 2.45) is 4.99 Å². The maximum Gasteiger partial charge on any atom is 0.343 e. The topological polar surface area (TPSA) is 133 Å². The highest BCUT2D eigenvalue weighted by Crippen LogP contribution is 2.37. The number of methoxy groups -OCH3 is 1. The number of rotatable bonds is 12. The first-order chi connectivity index (χ1) is 24.2. The molecule has 2 aliphatic heterocycles. The smallest absolute Gasteiger partial charge is 0.343 e. The van der Waals surface area contributed by atoms with Gasteiger partial charge in [-0.15, -0.1) is 0 Å². The molecule has 6 rings (SSSR count). The average Bonchev–Trinajstić information content (AvgIpc) is 3.70. The van der Waals surface area contributed by atoms with Gasteiger partial charge < -0.3 is 33.2 Å². The van der Waals surface area contributed by atoms with E-state index >= 15 is 0 Å². The zero-order chi connectivity index (χ0) is 35.4. The second-order valence-corrected chi connectivity index (χ2v) is 12.8. The zero-order valence-electron chi connectivity index (χ0n) is 27.6. The minimum absolute atomic E-state index is 0.141. The number of fused-ring (bicyclic) bond motifs is 2. The van der Waals surface area contributed by atoms with Gasteiger partial charge in [0.05, 0.1) is 46.6 Å². The molecule has 2 aliphatic rings. The molecule has 50 heavy (non-hydrogen) atoms. The molecule has 0 saturated heterocycles. The van der Waals surface area contributed by atoms with Gasteiger partial charge in [-0.2, -0.15) is 0 Å². The standard InChI is InChI=1S/C36H33BrN2O10S/c1-5-44-29-16-23(9-12-26(29)47-18-31(40)43-4)33-32(35(42)45-6-2)20(3)38-36-39(33)34(41)30(50-36)15-21-7-10-25(24(37)13-21)46-17-22-8-11-27-28(14-22)49-19-48-27/h7-16,33H,5-6,17-19H2,1-4H3/b30-15-/t33-/m1/s1. The van der Waals surface area contributed by atoms with Crippen molar-refractivity contribution in [2.45, 2.75) is 33.4 Å². The number of esters is 2. The maximum absolute atomic E-state index is 14.2. The second-order valence-electron chi connectivity index (χ2n) is 11.0. The Kier molecular flexibility index (Phi) is 10.6. The number of carbonyl (C=O) groups is 2. The van der Waals surface area contributed by atoms with Crippen LogP contribution in [0.5, 0.6) is 28.7 Å². The van der Waals surface area contributed by atoms with Crippen LogP contribution < -0.4 is 38.6 Å². The van der Waals surface area contributed by atoms with Crippen LogP contribution in [-0.4, -0.2) is 50.2 Å². The molecule has 1 aromatic heterocycles. The van der Waals surface area contributed by atoms with E-state index in [1.165, 1.54) is 23.0 Å². The van der Waals surface area contributed by atoms with Crippen LogP contribution >= 0.6 is 27.3 Å². The van der Waals surface area contributed by atoms with Gasteiger partial charge >= 0.3 is 11.9 Å². The molecule has 0 fully saturated rings. The molecule has 0 spiro atoms. The first-order valence-electron chi connectivity index (χ1n) is 15.7. The molecular weight excluding hydrogens is 732 g/mol. The summed E-state index contributed by atoms with van der Waals surface area (Å²) in [6.07, 6.45) is 1.77. The molecule has 0 bridgehead atoms. The number of hydrogen-bond acceptors (Lipinski definition) is 12. The molecule has 3 heterocycles. The van der Waals surface area contributed by atoms with Crippen LogP contribution in [-0.2, 0) is 25.7 Å². The summed E-state index contributed by atoms with van der Waals surface area (Å²) in [5.41, 5.74) is 2.56. The third-order valence-electron chi connectivity index (χ3n) is 7.76. The van der Waals surface area contributed by atoms with Crippen LogP contribution in [0.15, 0.2) is 80.1 Å². The van der Waals surface area contributed by atoms with E-state index in [2.05, 4.69) is 25.7 Å². The largest absolute Gasteiger partial charge is 0.490 e. The van der Waals surface area contributed by atoms with Crippen LogP contribution in [0.25, 0.3) is 6.08 Å². The molecule has 12 nitrogen and oxygen atoms in total. The fraction of sp³-hybridized carbons (Fsp3) is 0.278. The number of carbonyl (C=O) groups excluding carboxylic acids is 2. The van der Waals surface area contributed by atoms with E-state index < -0.39 is 18.0 Å². The zero-order valence-corrected chi connectivity index (χ0v) is 30.1. The summed E-state index contributed by atoms with van der Waals surface area (Å²) >= 11 is 4.81. The third kappa shape index (κ3) is 7.26. The summed E-state index contributed by atoms with van der Waals surface area (Å²) in [6.45, 7) is 5.89. The van der Waals surface area contributed by atoms with Crippen molar-refractivity contribution in [2.75, 3.05) is 33.7 Å². The van der Waals surface area contributed by atoms with E-state index in [0.29, 0.717) is 67.0 Å². The lowest BCUT2D eigenvalue weighted by atomic mass is 9.95. The molecule has 14 heteroatoms. The molecule has 4 aromatic rings. The summed E-state index contributed by atoms with van der Waals surface area (Å²) in [7, 11) is 1.27. The molecule has 260 valence electrons. The number of nitrogens with zero attached hydrogens (tertiary/aromatic N) is 2. The highest BCUT2D eigenvalue weighted by molar-refractivity contribution is 9.10. The van der Waals surface area contributed by atoms with Crippen molar-refractivity contribution in [3.63, 3.8) is 0 Å². The number of ether oxygens (including phenoxy) is 7. The molecule has 0 radical (unpaired) electrons. The van der Waals surface area contributed by atoms with E-state index in [1.54, 1.807) is 38.1 Å². The Balaban J connectivity index is 1.34. The Labute approximate surface area is 299 Å². The van der Waals surface area contributed by atoms with Gasteiger partial charge in [0.15, 0.2) is 34.4 Å². The number of benzene rings is 3. The fourth-order valence-corrected chi connectivity index (χ4v) is 7.01. The second kappa shape index (κ2) is 15.2. The van der Waals surface area contributed by atoms with Gasteiger partial charge in [0.1, 0.15) is 12.4 Å². The van der Waals surface area contributed by atoms with E-state index in [9.17, 15) is 14.4 Å². The van der Waals surface area contributed by atoms with Crippen molar-refractivity contribution >= 4 is 45.3 Å². The molecule has 0 aliphatic carbocycles. The van der Waals surface area contributed by atoms with E-state index in [-0.39, 0.29) is 31.1 Å². The number of allylic oxidation sites excluding steroid dienone is 1. The van der Waals surface area contributed by atoms with Crippen molar-refractivity contribution in [3.8, 4) is 28.7 Å². The first-order valence-corrected chi connectivity index (χ1v) is 17.3. The Morgan fingerprint density at radius 1 is 0.980 bits per heavy atom. The van der Waals surface area contributed by atoms with Gasteiger partial charge in [0.2, 0.25) is 6.79 Å². The molecule has 1 atom stereocenters. The van der Waals surface area contributed by atoms with Crippen molar-refractivity contribution in [3.05, 3.63) is 107 Å². The predicted octanol–water partition coefficient (Wildman–Crippen LogP) is 4.82. The summed E-state index contributed by atoms with van der Waals surface area (Å²) < 4.78 is 41.1. The Hall–Kier alpha value is -5.08. The highest BCUT2D eigenvalue weighted by Gasteiger charge is 2.34. The number of thiazole rings is 1. The van der Waals surface area contributed by atoms with Crippen LogP contribution in [0.3, 0.4) is 0 Å². The van der Waals surface area contributed by atoms with Crippen LogP contribution in [0.2, 0.25) is 0 Å². The van der Waals surface area contributed by atoms with Gasteiger partial charge in [-0.1, -0.05) is 29.5 Å².